The highest BCUT2D eigenvalue weighted by Crippen LogP contribution is 2.25. The van der Waals surface area contributed by atoms with Gasteiger partial charge in [-0.3, -0.25) is 4.99 Å². The van der Waals surface area contributed by atoms with Crippen LogP contribution in [-0.4, -0.2) is 50.7 Å². The topological polar surface area (TPSA) is 39.7 Å². The van der Waals surface area contributed by atoms with E-state index >= 15 is 0 Å². The second-order valence-corrected chi connectivity index (χ2v) is 7.85. The Morgan fingerprint density at radius 2 is 2.00 bits per heavy atom. The van der Waals surface area contributed by atoms with Crippen molar-refractivity contribution >= 4 is 47.4 Å². The highest BCUT2D eigenvalue weighted by Gasteiger charge is 2.14. The van der Waals surface area contributed by atoms with Gasteiger partial charge in [0.05, 0.1) is 6.54 Å². The van der Waals surface area contributed by atoms with Gasteiger partial charge in [0, 0.05) is 38.1 Å². The zero-order chi connectivity index (χ0) is 17.2. The second-order valence-electron chi connectivity index (χ2n) is 6.45. The first-order chi connectivity index (χ1) is 11.7. The van der Waals surface area contributed by atoms with Crippen molar-refractivity contribution in [3.05, 3.63) is 29.8 Å². The first-order valence-electron chi connectivity index (χ1n) is 9.09. The summed E-state index contributed by atoms with van der Waals surface area (Å²) in [6.45, 7) is 4.93. The summed E-state index contributed by atoms with van der Waals surface area (Å²) in [6.07, 6.45) is 4.88. The molecule has 0 saturated carbocycles. The molecule has 0 spiro atoms. The number of thioether (sulfide) groups is 1. The number of guanidine groups is 1. The van der Waals surface area contributed by atoms with Crippen molar-refractivity contribution in [3.8, 4) is 0 Å². The van der Waals surface area contributed by atoms with Gasteiger partial charge in [-0.05, 0) is 56.1 Å². The summed E-state index contributed by atoms with van der Waals surface area (Å²) in [4.78, 5) is 6.87. The van der Waals surface area contributed by atoms with Gasteiger partial charge in [0.25, 0.3) is 0 Å². The predicted octanol–water partition coefficient (Wildman–Crippen LogP) is 3.75. The van der Waals surface area contributed by atoms with Gasteiger partial charge in [0.2, 0.25) is 0 Å². The van der Waals surface area contributed by atoms with Crippen molar-refractivity contribution in [2.24, 2.45) is 4.99 Å². The van der Waals surface area contributed by atoms with Crippen molar-refractivity contribution in [1.29, 1.82) is 0 Å². The summed E-state index contributed by atoms with van der Waals surface area (Å²) in [5.41, 5.74) is 2.65. The van der Waals surface area contributed by atoms with Crippen LogP contribution in [0, 0.1) is 0 Å². The molecule has 0 bridgehead atoms. The van der Waals surface area contributed by atoms with Gasteiger partial charge in [-0.2, -0.15) is 11.8 Å². The number of aryl methyl sites for hydroxylation is 1. The third-order valence-electron chi connectivity index (χ3n) is 4.21. The summed E-state index contributed by atoms with van der Waals surface area (Å²) >= 11 is 2.07. The molecule has 0 amide bonds. The molecule has 142 valence electrons. The minimum atomic E-state index is 0. The fourth-order valence-electron chi connectivity index (χ4n) is 2.78. The van der Waals surface area contributed by atoms with Crippen molar-refractivity contribution in [2.75, 3.05) is 44.4 Å². The van der Waals surface area contributed by atoms with Gasteiger partial charge in [0.1, 0.15) is 0 Å². The van der Waals surface area contributed by atoms with Gasteiger partial charge in [-0.25, -0.2) is 0 Å². The smallest absolute Gasteiger partial charge is 0.191 e. The van der Waals surface area contributed by atoms with Crippen LogP contribution in [-0.2, 0) is 6.42 Å². The number of nitrogens with one attached hydrogen (secondary N) is 2. The van der Waals surface area contributed by atoms with Crippen LogP contribution in [0.15, 0.2) is 29.3 Å². The average molecular weight is 476 g/mol. The minimum absolute atomic E-state index is 0. The molecular formula is C19H33IN4S. The Bertz CT molecular complexity index is 499. The number of hydrogen-bond acceptors (Lipinski definition) is 3. The van der Waals surface area contributed by atoms with E-state index < -0.39 is 0 Å². The lowest BCUT2D eigenvalue weighted by atomic mass is 10.1. The maximum absolute atomic E-state index is 4.74. The third-order valence-corrected chi connectivity index (χ3v) is 5.59. The van der Waals surface area contributed by atoms with E-state index in [9.17, 15) is 0 Å². The summed E-state index contributed by atoms with van der Waals surface area (Å²) in [7, 11) is 4.15. The van der Waals surface area contributed by atoms with E-state index in [4.69, 9.17) is 4.99 Å². The number of rotatable bonds is 8. The van der Waals surface area contributed by atoms with Crippen LogP contribution in [0.2, 0.25) is 0 Å². The summed E-state index contributed by atoms with van der Waals surface area (Å²) in [6, 6.07) is 8.83. The Morgan fingerprint density at radius 3 is 2.60 bits per heavy atom. The Kier molecular flexibility index (Phi) is 11.4. The van der Waals surface area contributed by atoms with Crippen molar-refractivity contribution in [1.82, 2.24) is 10.6 Å². The Morgan fingerprint density at radius 1 is 1.24 bits per heavy atom. The average Bonchev–Trinajstić information content (AvgIpc) is 3.10. The Labute approximate surface area is 174 Å². The molecule has 1 atom stereocenters. The SMILES string of the molecule is CCNC(=NCC1CCCS1)NCCCc1ccc(N(C)C)cc1.I. The molecule has 0 aromatic heterocycles. The van der Waals surface area contributed by atoms with E-state index in [1.54, 1.807) is 0 Å². The monoisotopic (exact) mass is 476 g/mol. The molecule has 6 heteroatoms. The number of halogens is 1. The number of benzene rings is 1. The number of aliphatic imine (C=N–C) groups is 1. The molecule has 0 aliphatic carbocycles. The van der Waals surface area contributed by atoms with Gasteiger partial charge in [-0.1, -0.05) is 12.1 Å². The van der Waals surface area contributed by atoms with E-state index in [1.165, 1.54) is 29.8 Å². The summed E-state index contributed by atoms with van der Waals surface area (Å²) < 4.78 is 0. The van der Waals surface area contributed by atoms with E-state index in [0.717, 1.165) is 43.7 Å². The highest BCUT2D eigenvalue weighted by molar-refractivity contribution is 14.0. The van der Waals surface area contributed by atoms with Crippen LogP contribution in [0.5, 0.6) is 0 Å². The molecule has 1 saturated heterocycles. The minimum Gasteiger partial charge on any atom is -0.378 e. The molecule has 1 aliphatic rings. The number of hydrogen-bond donors (Lipinski definition) is 2. The summed E-state index contributed by atoms with van der Waals surface area (Å²) in [5.74, 6) is 2.27. The van der Waals surface area contributed by atoms with Crippen LogP contribution in [0.4, 0.5) is 5.69 Å². The number of anilines is 1. The molecule has 25 heavy (non-hydrogen) atoms. The zero-order valence-corrected chi connectivity index (χ0v) is 18.9. The maximum Gasteiger partial charge on any atom is 0.191 e. The lowest BCUT2D eigenvalue weighted by Gasteiger charge is -2.14. The van der Waals surface area contributed by atoms with E-state index in [-0.39, 0.29) is 24.0 Å². The van der Waals surface area contributed by atoms with Crippen molar-refractivity contribution in [2.45, 2.75) is 37.9 Å². The van der Waals surface area contributed by atoms with Crippen molar-refractivity contribution < 1.29 is 0 Å². The maximum atomic E-state index is 4.74. The van der Waals surface area contributed by atoms with Crippen LogP contribution in [0.25, 0.3) is 0 Å². The van der Waals surface area contributed by atoms with Crippen LogP contribution >= 0.6 is 35.7 Å². The molecule has 1 aliphatic heterocycles. The molecular weight excluding hydrogens is 443 g/mol. The highest BCUT2D eigenvalue weighted by atomic mass is 127. The van der Waals surface area contributed by atoms with Gasteiger partial charge >= 0.3 is 0 Å². The molecule has 1 heterocycles. The van der Waals surface area contributed by atoms with Gasteiger partial charge in [-0.15, -0.1) is 24.0 Å². The lowest BCUT2D eigenvalue weighted by Crippen LogP contribution is -2.38. The molecule has 2 rings (SSSR count). The largest absolute Gasteiger partial charge is 0.378 e. The molecule has 4 nitrogen and oxygen atoms in total. The lowest BCUT2D eigenvalue weighted by molar-refractivity contribution is 0.733. The fraction of sp³-hybridized carbons (Fsp3) is 0.632. The molecule has 2 N–H and O–H groups in total. The van der Waals surface area contributed by atoms with E-state index in [1.807, 2.05) is 0 Å². The first-order valence-corrected chi connectivity index (χ1v) is 10.1. The van der Waals surface area contributed by atoms with Gasteiger partial charge < -0.3 is 15.5 Å². The molecule has 1 unspecified atom stereocenters. The van der Waals surface area contributed by atoms with Crippen LogP contribution in [0.1, 0.15) is 31.7 Å². The Hall–Kier alpha value is -0.630. The predicted molar refractivity (Wildman–Crippen MR) is 124 cm³/mol. The van der Waals surface area contributed by atoms with Gasteiger partial charge in [0.15, 0.2) is 5.96 Å². The van der Waals surface area contributed by atoms with E-state index in [2.05, 4.69) is 72.6 Å². The summed E-state index contributed by atoms with van der Waals surface area (Å²) in [5, 5.41) is 7.53. The molecule has 1 fully saturated rings. The number of nitrogens with zero attached hydrogens (tertiary/aromatic N) is 2. The molecule has 1 aromatic carbocycles. The van der Waals surface area contributed by atoms with Crippen LogP contribution < -0.4 is 15.5 Å². The van der Waals surface area contributed by atoms with Crippen LogP contribution in [0.3, 0.4) is 0 Å². The molecule has 0 radical (unpaired) electrons. The Balaban J connectivity index is 0.00000312. The molecule has 1 aromatic rings. The van der Waals surface area contributed by atoms with Crippen molar-refractivity contribution in [3.63, 3.8) is 0 Å². The van der Waals surface area contributed by atoms with E-state index in [0.29, 0.717) is 0 Å². The third kappa shape index (κ3) is 8.53. The second kappa shape index (κ2) is 12.7. The zero-order valence-electron chi connectivity index (χ0n) is 15.8. The standard InChI is InChI=1S/C19H32N4S.HI/c1-4-20-19(22-15-18-8-6-14-24-18)21-13-5-7-16-9-11-17(12-10-16)23(2)3;/h9-12,18H,4-8,13-15H2,1-3H3,(H2,20,21,22);1H. The normalized spacial score (nSPS) is 17.1. The quantitative estimate of drug-likeness (QED) is 0.260. The first kappa shape index (κ1) is 22.4. The fourth-order valence-corrected chi connectivity index (χ4v) is 3.96.